The molecule has 0 unspecified atom stereocenters. The van der Waals surface area contributed by atoms with E-state index in [2.05, 4.69) is 27.7 Å². The summed E-state index contributed by atoms with van der Waals surface area (Å²) >= 11 is 0. The van der Waals surface area contributed by atoms with Crippen LogP contribution in [0.4, 0.5) is 0 Å². The van der Waals surface area contributed by atoms with E-state index in [1.165, 1.54) is 0 Å². The highest BCUT2D eigenvalue weighted by Crippen LogP contribution is 2.18. The normalized spacial score (nSPS) is 12.4. The molecule has 0 aromatic heterocycles. The third kappa shape index (κ3) is 6.46. The van der Waals surface area contributed by atoms with Crippen LogP contribution in [-0.2, 0) is 9.47 Å². The Bertz CT molecular complexity index is 148. The van der Waals surface area contributed by atoms with Crippen molar-refractivity contribution in [3.63, 3.8) is 0 Å². The minimum absolute atomic E-state index is 0.137. The molecule has 0 saturated carbocycles. The van der Waals surface area contributed by atoms with Gasteiger partial charge in [0.25, 0.3) is 0 Å². The van der Waals surface area contributed by atoms with Crippen LogP contribution in [0.1, 0.15) is 47.0 Å². The average molecular weight is 231 g/mol. The first-order valence-corrected chi connectivity index (χ1v) is 6.52. The Balaban J connectivity index is 3.55. The number of hydrogen-bond acceptors (Lipinski definition) is 3. The Morgan fingerprint density at radius 1 is 1.06 bits per heavy atom. The summed E-state index contributed by atoms with van der Waals surface area (Å²) in [6.07, 6.45) is 3.04. The fraction of sp³-hybridized carbons (Fsp3) is 1.00. The SMILES string of the molecule is CCC(CC)(CN)OCCOCCC(C)C. The van der Waals surface area contributed by atoms with E-state index in [4.69, 9.17) is 15.2 Å². The fourth-order valence-electron chi connectivity index (χ4n) is 1.54. The Kier molecular flexibility index (Phi) is 8.90. The summed E-state index contributed by atoms with van der Waals surface area (Å²) in [7, 11) is 0. The predicted molar refractivity (Wildman–Crippen MR) is 68.6 cm³/mol. The molecule has 0 aromatic rings. The van der Waals surface area contributed by atoms with Crippen LogP contribution in [0.5, 0.6) is 0 Å². The van der Waals surface area contributed by atoms with E-state index in [1.54, 1.807) is 0 Å². The lowest BCUT2D eigenvalue weighted by Gasteiger charge is -2.30. The lowest BCUT2D eigenvalue weighted by atomic mass is 9.97. The van der Waals surface area contributed by atoms with Crippen LogP contribution in [0, 0.1) is 5.92 Å². The van der Waals surface area contributed by atoms with Crippen molar-refractivity contribution in [1.82, 2.24) is 0 Å². The van der Waals surface area contributed by atoms with Crippen LogP contribution in [0.25, 0.3) is 0 Å². The number of ether oxygens (including phenoxy) is 2. The number of nitrogens with two attached hydrogens (primary N) is 1. The molecule has 0 aliphatic carbocycles. The molecule has 98 valence electrons. The van der Waals surface area contributed by atoms with Gasteiger partial charge in [-0.05, 0) is 25.2 Å². The number of rotatable bonds is 10. The van der Waals surface area contributed by atoms with Crippen molar-refractivity contribution in [2.45, 2.75) is 52.6 Å². The van der Waals surface area contributed by atoms with Gasteiger partial charge in [0.1, 0.15) is 0 Å². The average Bonchev–Trinajstić information content (AvgIpc) is 2.29. The molecule has 0 aliphatic heterocycles. The Morgan fingerprint density at radius 2 is 1.69 bits per heavy atom. The van der Waals surface area contributed by atoms with Crippen molar-refractivity contribution in [1.29, 1.82) is 0 Å². The van der Waals surface area contributed by atoms with Crippen LogP contribution in [0.2, 0.25) is 0 Å². The lowest BCUT2D eigenvalue weighted by molar-refractivity contribution is -0.0673. The highest BCUT2D eigenvalue weighted by atomic mass is 16.5. The maximum absolute atomic E-state index is 5.83. The first kappa shape index (κ1) is 15.9. The highest BCUT2D eigenvalue weighted by Gasteiger charge is 2.24. The first-order chi connectivity index (χ1) is 7.60. The monoisotopic (exact) mass is 231 g/mol. The molecule has 2 N–H and O–H groups in total. The molecular formula is C13H29NO2. The van der Waals surface area contributed by atoms with Gasteiger partial charge in [-0.1, -0.05) is 27.7 Å². The molecule has 0 bridgehead atoms. The summed E-state index contributed by atoms with van der Waals surface area (Å²) in [6, 6.07) is 0. The van der Waals surface area contributed by atoms with Crippen LogP contribution in [0.3, 0.4) is 0 Å². The van der Waals surface area contributed by atoms with Crippen molar-refractivity contribution in [2.75, 3.05) is 26.4 Å². The topological polar surface area (TPSA) is 44.5 Å². The van der Waals surface area contributed by atoms with E-state index in [-0.39, 0.29) is 5.60 Å². The maximum atomic E-state index is 5.83. The molecule has 0 fully saturated rings. The Morgan fingerprint density at radius 3 is 2.12 bits per heavy atom. The zero-order chi connectivity index (χ0) is 12.4. The van der Waals surface area contributed by atoms with Crippen molar-refractivity contribution in [3.05, 3.63) is 0 Å². The van der Waals surface area contributed by atoms with Gasteiger partial charge in [-0.25, -0.2) is 0 Å². The van der Waals surface area contributed by atoms with E-state index < -0.39 is 0 Å². The minimum Gasteiger partial charge on any atom is -0.379 e. The standard InChI is InChI=1S/C13H29NO2/c1-5-13(6-2,11-14)16-10-9-15-8-7-12(3)4/h12H,5-11,14H2,1-4H3. The quantitative estimate of drug-likeness (QED) is 0.588. The molecule has 0 amide bonds. The molecule has 16 heavy (non-hydrogen) atoms. The summed E-state index contributed by atoms with van der Waals surface area (Å²) in [5, 5.41) is 0. The summed E-state index contributed by atoms with van der Waals surface area (Å²) in [6.45, 7) is 11.4. The molecule has 0 aromatic carbocycles. The van der Waals surface area contributed by atoms with Gasteiger partial charge in [-0.3, -0.25) is 0 Å². The molecule has 0 spiro atoms. The molecule has 0 heterocycles. The van der Waals surface area contributed by atoms with Crippen molar-refractivity contribution in [3.8, 4) is 0 Å². The smallest absolute Gasteiger partial charge is 0.0800 e. The van der Waals surface area contributed by atoms with Gasteiger partial charge in [0.15, 0.2) is 0 Å². The molecule has 3 heteroatoms. The third-order valence-electron chi connectivity index (χ3n) is 3.14. The van der Waals surface area contributed by atoms with Crippen LogP contribution in [-0.4, -0.2) is 32.0 Å². The lowest BCUT2D eigenvalue weighted by Crippen LogP contribution is -2.40. The molecule has 0 atom stereocenters. The van der Waals surface area contributed by atoms with Crippen molar-refractivity contribution >= 4 is 0 Å². The third-order valence-corrected chi connectivity index (χ3v) is 3.14. The van der Waals surface area contributed by atoms with Crippen molar-refractivity contribution < 1.29 is 9.47 Å². The van der Waals surface area contributed by atoms with Gasteiger partial charge < -0.3 is 15.2 Å². The highest BCUT2D eigenvalue weighted by molar-refractivity contribution is 4.78. The van der Waals surface area contributed by atoms with E-state index >= 15 is 0 Å². The van der Waals surface area contributed by atoms with E-state index in [9.17, 15) is 0 Å². The molecule has 0 rings (SSSR count). The molecule has 0 radical (unpaired) electrons. The summed E-state index contributed by atoms with van der Waals surface area (Å²) in [4.78, 5) is 0. The minimum atomic E-state index is -0.137. The Hall–Kier alpha value is -0.120. The first-order valence-electron chi connectivity index (χ1n) is 6.52. The van der Waals surface area contributed by atoms with Crippen LogP contribution in [0.15, 0.2) is 0 Å². The summed E-state index contributed by atoms with van der Waals surface area (Å²) in [5.74, 6) is 0.704. The van der Waals surface area contributed by atoms with Crippen LogP contribution >= 0.6 is 0 Å². The summed E-state index contributed by atoms with van der Waals surface area (Å²) < 4.78 is 11.3. The fourth-order valence-corrected chi connectivity index (χ4v) is 1.54. The second-order valence-corrected chi connectivity index (χ2v) is 4.74. The zero-order valence-corrected chi connectivity index (χ0v) is 11.4. The predicted octanol–water partition coefficient (Wildman–Crippen LogP) is 2.58. The molecule has 3 nitrogen and oxygen atoms in total. The number of hydrogen-bond donors (Lipinski definition) is 1. The van der Waals surface area contributed by atoms with E-state index in [1.807, 2.05) is 0 Å². The maximum Gasteiger partial charge on any atom is 0.0800 e. The summed E-state index contributed by atoms with van der Waals surface area (Å²) in [5.41, 5.74) is 5.61. The van der Waals surface area contributed by atoms with Crippen LogP contribution < -0.4 is 5.73 Å². The van der Waals surface area contributed by atoms with Gasteiger partial charge in [-0.15, -0.1) is 0 Å². The zero-order valence-electron chi connectivity index (χ0n) is 11.4. The van der Waals surface area contributed by atoms with Gasteiger partial charge in [-0.2, -0.15) is 0 Å². The van der Waals surface area contributed by atoms with Gasteiger partial charge in [0.2, 0.25) is 0 Å². The van der Waals surface area contributed by atoms with Gasteiger partial charge in [0, 0.05) is 13.2 Å². The molecule has 0 saturated heterocycles. The van der Waals surface area contributed by atoms with Crippen molar-refractivity contribution in [2.24, 2.45) is 11.7 Å². The van der Waals surface area contributed by atoms with E-state index in [0.29, 0.717) is 25.7 Å². The molecular weight excluding hydrogens is 202 g/mol. The van der Waals surface area contributed by atoms with E-state index in [0.717, 1.165) is 25.9 Å². The largest absolute Gasteiger partial charge is 0.379 e. The Labute approximate surface area is 101 Å². The van der Waals surface area contributed by atoms with Gasteiger partial charge in [0.05, 0.1) is 18.8 Å². The second-order valence-electron chi connectivity index (χ2n) is 4.74. The molecule has 0 aliphatic rings. The van der Waals surface area contributed by atoms with Gasteiger partial charge >= 0.3 is 0 Å². The second kappa shape index (κ2) is 8.97.